The lowest BCUT2D eigenvalue weighted by Gasteiger charge is -2.27. The molecule has 1 aliphatic rings. The minimum absolute atomic E-state index is 0.152. The van der Waals surface area contributed by atoms with Crippen molar-refractivity contribution in [1.29, 1.82) is 0 Å². The first-order chi connectivity index (χ1) is 13.7. The van der Waals surface area contributed by atoms with E-state index in [0.717, 1.165) is 17.1 Å². The number of imidazole rings is 1. The Bertz CT molecular complexity index is 968. The Morgan fingerprint density at radius 1 is 1.21 bits per heavy atom. The monoisotopic (exact) mass is 379 g/mol. The van der Waals surface area contributed by atoms with Gasteiger partial charge in [-0.15, -0.1) is 0 Å². The fourth-order valence-corrected chi connectivity index (χ4v) is 3.13. The molecule has 1 N–H and O–H groups in total. The number of rotatable bonds is 5. The van der Waals surface area contributed by atoms with E-state index in [-0.39, 0.29) is 12.5 Å². The molecule has 0 aliphatic carbocycles. The van der Waals surface area contributed by atoms with Crippen LogP contribution in [0.25, 0.3) is 0 Å². The Balaban J connectivity index is 1.57. The summed E-state index contributed by atoms with van der Waals surface area (Å²) in [6.07, 6.45) is 2.80. The summed E-state index contributed by atoms with van der Waals surface area (Å²) in [4.78, 5) is 17.4. The van der Waals surface area contributed by atoms with Gasteiger partial charge in [0.15, 0.2) is 11.5 Å². The highest BCUT2D eigenvalue weighted by Gasteiger charge is 2.30. The van der Waals surface area contributed by atoms with Gasteiger partial charge in [-0.2, -0.15) is 0 Å². The first-order valence-corrected chi connectivity index (χ1v) is 8.95. The van der Waals surface area contributed by atoms with E-state index >= 15 is 0 Å². The fourth-order valence-electron chi connectivity index (χ4n) is 3.13. The van der Waals surface area contributed by atoms with E-state index < -0.39 is 12.1 Å². The number of nitrogens with zero attached hydrogens (tertiary/aromatic N) is 2. The maximum Gasteiger partial charge on any atom is 0.265 e. The summed E-state index contributed by atoms with van der Waals surface area (Å²) in [5.74, 6) is 2.40. The second kappa shape index (κ2) is 7.64. The number of amides is 1. The Labute approximate surface area is 162 Å². The molecule has 144 valence electrons. The molecule has 0 saturated heterocycles. The molecule has 7 heteroatoms. The van der Waals surface area contributed by atoms with E-state index in [1.54, 1.807) is 19.4 Å². The number of benzene rings is 2. The SMILES string of the molecule is COc1ccc([C@@H](NC(=O)[C@@H]2COc3ccccc3O2)c2nccn2C)cc1. The first-order valence-electron chi connectivity index (χ1n) is 8.95. The molecule has 0 fully saturated rings. The molecule has 0 unspecified atom stereocenters. The van der Waals surface area contributed by atoms with E-state index in [1.807, 2.05) is 60.3 Å². The predicted molar refractivity (Wildman–Crippen MR) is 103 cm³/mol. The molecular weight excluding hydrogens is 358 g/mol. The Hall–Kier alpha value is -3.48. The second-order valence-electron chi connectivity index (χ2n) is 6.48. The van der Waals surface area contributed by atoms with Gasteiger partial charge in [0.1, 0.15) is 24.2 Å². The van der Waals surface area contributed by atoms with Gasteiger partial charge < -0.3 is 24.1 Å². The molecule has 0 bridgehead atoms. The van der Waals surface area contributed by atoms with Crippen molar-refractivity contribution in [1.82, 2.24) is 14.9 Å². The van der Waals surface area contributed by atoms with Crippen molar-refractivity contribution in [3.8, 4) is 17.2 Å². The average Bonchev–Trinajstić information content (AvgIpc) is 3.17. The van der Waals surface area contributed by atoms with Gasteiger partial charge in [0.25, 0.3) is 5.91 Å². The summed E-state index contributed by atoms with van der Waals surface area (Å²) in [7, 11) is 3.51. The molecule has 3 aromatic rings. The smallest absolute Gasteiger partial charge is 0.265 e. The molecule has 2 heterocycles. The quantitative estimate of drug-likeness (QED) is 0.737. The normalized spacial score (nSPS) is 16.3. The van der Waals surface area contributed by atoms with Crippen molar-refractivity contribution in [2.75, 3.05) is 13.7 Å². The van der Waals surface area contributed by atoms with Gasteiger partial charge in [0, 0.05) is 19.4 Å². The van der Waals surface area contributed by atoms with Crippen LogP contribution in [0.15, 0.2) is 60.9 Å². The topological polar surface area (TPSA) is 74.6 Å². The number of carbonyl (C=O) groups excluding carboxylic acids is 1. The zero-order valence-electron chi connectivity index (χ0n) is 15.7. The van der Waals surface area contributed by atoms with E-state index in [9.17, 15) is 4.79 Å². The number of hydrogen-bond donors (Lipinski definition) is 1. The highest BCUT2D eigenvalue weighted by Crippen LogP contribution is 2.31. The van der Waals surface area contributed by atoms with Crippen LogP contribution in [0.3, 0.4) is 0 Å². The second-order valence-corrected chi connectivity index (χ2v) is 6.48. The molecule has 1 aromatic heterocycles. The maximum atomic E-state index is 12.9. The van der Waals surface area contributed by atoms with E-state index in [2.05, 4.69) is 10.3 Å². The minimum Gasteiger partial charge on any atom is -0.497 e. The van der Waals surface area contributed by atoms with Crippen LogP contribution in [-0.4, -0.2) is 35.3 Å². The molecule has 2 aromatic carbocycles. The predicted octanol–water partition coefficient (Wildman–Crippen LogP) is 2.47. The van der Waals surface area contributed by atoms with Crippen LogP contribution < -0.4 is 19.5 Å². The van der Waals surface area contributed by atoms with Crippen LogP contribution in [0, 0.1) is 0 Å². The molecular formula is C21H21N3O4. The standard InChI is InChI=1S/C21H21N3O4/c1-24-12-11-22-20(24)19(14-7-9-15(26-2)10-8-14)23-21(25)18-13-27-16-5-3-4-6-17(16)28-18/h3-12,18-19H,13H2,1-2H3,(H,23,25)/t18-,19+/m0/s1. The number of ether oxygens (including phenoxy) is 3. The summed E-state index contributed by atoms with van der Waals surface area (Å²) in [6.45, 7) is 0.152. The van der Waals surface area contributed by atoms with Crippen LogP contribution in [0.4, 0.5) is 0 Å². The number of methoxy groups -OCH3 is 1. The fraction of sp³-hybridized carbons (Fsp3) is 0.238. The number of carbonyl (C=O) groups is 1. The number of para-hydroxylation sites is 2. The third-order valence-electron chi connectivity index (χ3n) is 4.65. The van der Waals surface area contributed by atoms with Crippen LogP contribution in [0.2, 0.25) is 0 Å². The van der Waals surface area contributed by atoms with Gasteiger partial charge >= 0.3 is 0 Å². The highest BCUT2D eigenvalue weighted by molar-refractivity contribution is 5.82. The van der Waals surface area contributed by atoms with E-state index in [1.165, 1.54) is 0 Å². The molecule has 0 saturated carbocycles. The van der Waals surface area contributed by atoms with Crippen molar-refractivity contribution >= 4 is 5.91 Å². The minimum atomic E-state index is -0.740. The van der Waals surface area contributed by atoms with Crippen LogP contribution in [-0.2, 0) is 11.8 Å². The van der Waals surface area contributed by atoms with Gasteiger partial charge in [0.2, 0.25) is 6.10 Å². The Morgan fingerprint density at radius 3 is 2.64 bits per heavy atom. The van der Waals surface area contributed by atoms with E-state index in [0.29, 0.717) is 11.5 Å². The third kappa shape index (κ3) is 3.51. The summed E-state index contributed by atoms with van der Waals surface area (Å²) in [5.41, 5.74) is 0.889. The molecule has 0 radical (unpaired) electrons. The van der Waals surface area contributed by atoms with Gasteiger partial charge in [0.05, 0.1) is 7.11 Å². The molecule has 28 heavy (non-hydrogen) atoms. The van der Waals surface area contributed by atoms with Crippen LogP contribution in [0.5, 0.6) is 17.2 Å². The molecule has 2 atom stereocenters. The lowest BCUT2D eigenvalue weighted by molar-refractivity contribution is -0.130. The summed E-state index contributed by atoms with van der Waals surface area (Å²) >= 11 is 0. The number of aromatic nitrogens is 2. The van der Waals surface area contributed by atoms with Gasteiger partial charge in [-0.05, 0) is 29.8 Å². The molecule has 7 nitrogen and oxygen atoms in total. The number of aryl methyl sites for hydroxylation is 1. The Kier molecular flexibility index (Phi) is 4.89. The number of nitrogens with one attached hydrogen (secondary N) is 1. The largest absolute Gasteiger partial charge is 0.497 e. The van der Waals surface area contributed by atoms with Crippen molar-refractivity contribution in [2.45, 2.75) is 12.1 Å². The van der Waals surface area contributed by atoms with Crippen LogP contribution in [0.1, 0.15) is 17.4 Å². The summed E-state index contributed by atoms with van der Waals surface area (Å²) < 4.78 is 18.6. The van der Waals surface area contributed by atoms with Crippen molar-refractivity contribution in [3.05, 3.63) is 72.3 Å². The first kappa shape index (κ1) is 17.9. The molecule has 1 aliphatic heterocycles. The number of hydrogen-bond acceptors (Lipinski definition) is 5. The van der Waals surface area contributed by atoms with Gasteiger partial charge in [-0.25, -0.2) is 4.98 Å². The van der Waals surface area contributed by atoms with Crippen molar-refractivity contribution < 1.29 is 19.0 Å². The van der Waals surface area contributed by atoms with Gasteiger partial charge in [-0.3, -0.25) is 4.79 Å². The van der Waals surface area contributed by atoms with Gasteiger partial charge in [-0.1, -0.05) is 24.3 Å². The zero-order valence-corrected chi connectivity index (χ0v) is 15.7. The Morgan fingerprint density at radius 2 is 1.96 bits per heavy atom. The van der Waals surface area contributed by atoms with Crippen molar-refractivity contribution in [2.24, 2.45) is 7.05 Å². The maximum absolute atomic E-state index is 12.9. The summed E-state index contributed by atoms with van der Waals surface area (Å²) in [5, 5.41) is 3.05. The van der Waals surface area contributed by atoms with E-state index in [4.69, 9.17) is 14.2 Å². The number of fused-ring (bicyclic) bond motifs is 1. The van der Waals surface area contributed by atoms with Crippen molar-refractivity contribution in [3.63, 3.8) is 0 Å². The highest BCUT2D eigenvalue weighted by atomic mass is 16.6. The van der Waals surface area contributed by atoms with Crippen LogP contribution >= 0.6 is 0 Å². The molecule has 1 amide bonds. The lowest BCUT2D eigenvalue weighted by Crippen LogP contribution is -2.45. The molecule has 4 rings (SSSR count). The third-order valence-corrected chi connectivity index (χ3v) is 4.65. The average molecular weight is 379 g/mol. The lowest BCUT2D eigenvalue weighted by atomic mass is 10.1. The summed E-state index contributed by atoms with van der Waals surface area (Å²) in [6, 6.07) is 14.4. The molecule has 0 spiro atoms. The zero-order chi connectivity index (χ0) is 19.5.